The van der Waals surface area contributed by atoms with Crippen molar-refractivity contribution < 1.29 is 14.3 Å². The average Bonchev–Trinajstić information content (AvgIpc) is 3.58. The van der Waals surface area contributed by atoms with Crippen molar-refractivity contribution in [1.82, 2.24) is 25.5 Å². The van der Waals surface area contributed by atoms with Crippen LogP contribution >= 0.6 is 11.3 Å². The first-order chi connectivity index (χ1) is 17.0. The summed E-state index contributed by atoms with van der Waals surface area (Å²) < 4.78 is 5.26. The molecule has 3 aromatic rings. The maximum atomic E-state index is 12.9. The third-order valence-electron chi connectivity index (χ3n) is 6.69. The molecule has 5 rings (SSSR count). The number of ether oxygens (including phenoxy) is 1. The molecular weight excluding hydrogens is 466 g/mol. The zero-order valence-corrected chi connectivity index (χ0v) is 20.9. The lowest BCUT2D eigenvalue weighted by molar-refractivity contribution is 0.0614. The second-order valence-electron chi connectivity index (χ2n) is 9.10. The van der Waals surface area contributed by atoms with Crippen molar-refractivity contribution in [3.63, 3.8) is 0 Å². The summed E-state index contributed by atoms with van der Waals surface area (Å²) in [6, 6.07) is 9.61. The fourth-order valence-electron chi connectivity index (χ4n) is 4.63. The molecule has 0 aliphatic carbocycles. The molecule has 2 saturated heterocycles. The molecule has 2 amide bonds. The molecule has 0 bridgehead atoms. The minimum absolute atomic E-state index is 0.167. The van der Waals surface area contributed by atoms with E-state index in [0.29, 0.717) is 22.9 Å². The standard InChI is InChI=1S/C24H31N7O3S/c1-29-10-12-30(13-11-29)17-7-5-16(6-8-17)22(32)25-21-19-14-20(35-24(19)27-26-21)23(33)28-31-9-3-4-18(31)15-34-2/h5-8,14,18H,3-4,9-13,15H2,1-2H3,(H,28,33)(H2,25,26,27,32). The van der Waals surface area contributed by atoms with Gasteiger partial charge in [-0.15, -0.1) is 11.3 Å². The number of aromatic nitrogens is 2. The minimum Gasteiger partial charge on any atom is -0.383 e. The number of hydrogen-bond acceptors (Lipinski definition) is 8. The zero-order chi connectivity index (χ0) is 24.4. The van der Waals surface area contributed by atoms with Crippen LogP contribution in [0.1, 0.15) is 32.9 Å². The van der Waals surface area contributed by atoms with Gasteiger partial charge in [0.05, 0.1) is 22.9 Å². The lowest BCUT2D eigenvalue weighted by Crippen LogP contribution is -2.46. The van der Waals surface area contributed by atoms with E-state index in [2.05, 4.69) is 37.8 Å². The molecule has 1 aromatic carbocycles. The molecular formula is C24H31N7O3S. The van der Waals surface area contributed by atoms with Crippen LogP contribution in [0.5, 0.6) is 0 Å². The highest BCUT2D eigenvalue weighted by Crippen LogP contribution is 2.30. The van der Waals surface area contributed by atoms with Crippen molar-refractivity contribution in [2.24, 2.45) is 0 Å². The zero-order valence-electron chi connectivity index (χ0n) is 20.0. The van der Waals surface area contributed by atoms with Crippen LogP contribution in [0.25, 0.3) is 10.2 Å². The van der Waals surface area contributed by atoms with Gasteiger partial charge in [0.25, 0.3) is 11.8 Å². The number of likely N-dealkylation sites (N-methyl/N-ethyl adjacent to an activating group) is 1. The second-order valence-corrected chi connectivity index (χ2v) is 10.2. The minimum atomic E-state index is -0.236. The lowest BCUT2D eigenvalue weighted by Gasteiger charge is -2.34. The first-order valence-corrected chi connectivity index (χ1v) is 12.7. The topological polar surface area (TPSA) is 106 Å². The molecule has 0 saturated carbocycles. The quantitative estimate of drug-likeness (QED) is 0.460. The number of amides is 2. The largest absolute Gasteiger partial charge is 0.383 e. The third kappa shape index (κ3) is 5.18. The van der Waals surface area contributed by atoms with Crippen molar-refractivity contribution in [2.45, 2.75) is 18.9 Å². The van der Waals surface area contributed by atoms with Crippen LogP contribution in [0.3, 0.4) is 0 Å². The van der Waals surface area contributed by atoms with Gasteiger partial charge in [0, 0.05) is 51.1 Å². The summed E-state index contributed by atoms with van der Waals surface area (Å²) in [5.74, 6) is 0.0151. The predicted molar refractivity (Wildman–Crippen MR) is 137 cm³/mol. The van der Waals surface area contributed by atoms with Crippen molar-refractivity contribution in [3.05, 3.63) is 40.8 Å². The lowest BCUT2D eigenvalue weighted by atomic mass is 10.1. The van der Waals surface area contributed by atoms with Crippen molar-refractivity contribution >= 4 is 44.9 Å². The number of carbonyl (C=O) groups is 2. The number of benzene rings is 1. The predicted octanol–water partition coefficient (Wildman–Crippen LogP) is 2.38. The van der Waals surface area contributed by atoms with E-state index in [0.717, 1.165) is 61.5 Å². The summed E-state index contributed by atoms with van der Waals surface area (Å²) in [5, 5.41) is 12.7. The number of nitrogens with zero attached hydrogens (tertiary/aromatic N) is 4. The summed E-state index contributed by atoms with van der Waals surface area (Å²) in [4.78, 5) is 31.7. The fraction of sp³-hybridized carbons (Fsp3) is 0.458. The number of hydrazine groups is 1. The van der Waals surface area contributed by atoms with E-state index in [1.165, 1.54) is 11.3 Å². The van der Waals surface area contributed by atoms with Gasteiger partial charge in [0.15, 0.2) is 5.82 Å². The Morgan fingerprint density at radius 2 is 1.91 bits per heavy atom. The number of aromatic amines is 1. The van der Waals surface area contributed by atoms with E-state index in [4.69, 9.17) is 4.74 Å². The molecule has 4 heterocycles. The number of anilines is 2. The highest BCUT2D eigenvalue weighted by atomic mass is 32.1. The molecule has 0 radical (unpaired) electrons. The Morgan fingerprint density at radius 1 is 1.14 bits per heavy atom. The monoisotopic (exact) mass is 497 g/mol. The summed E-state index contributed by atoms with van der Waals surface area (Å²) >= 11 is 1.32. The Kier molecular flexibility index (Phi) is 7.00. The third-order valence-corrected chi connectivity index (χ3v) is 7.73. The van der Waals surface area contributed by atoms with E-state index in [9.17, 15) is 9.59 Å². The molecule has 186 valence electrons. The second kappa shape index (κ2) is 10.3. The number of H-pyrrole nitrogens is 1. The number of thiophene rings is 1. The molecule has 1 unspecified atom stereocenters. The van der Waals surface area contributed by atoms with E-state index in [1.54, 1.807) is 13.2 Å². The van der Waals surface area contributed by atoms with Gasteiger partial charge in [0.2, 0.25) is 0 Å². The van der Waals surface area contributed by atoms with Crippen LogP contribution in [-0.4, -0.2) is 91.5 Å². The van der Waals surface area contributed by atoms with Crippen molar-refractivity contribution in [2.75, 3.05) is 63.7 Å². The van der Waals surface area contributed by atoms with Gasteiger partial charge in [-0.3, -0.25) is 20.1 Å². The van der Waals surface area contributed by atoms with Crippen molar-refractivity contribution in [1.29, 1.82) is 0 Å². The number of fused-ring (bicyclic) bond motifs is 1. The van der Waals surface area contributed by atoms with Gasteiger partial charge in [0.1, 0.15) is 4.83 Å². The Morgan fingerprint density at radius 3 is 2.66 bits per heavy atom. The summed E-state index contributed by atoms with van der Waals surface area (Å²) in [6.45, 7) is 5.41. The molecule has 3 N–H and O–H groups in total. The SMILES string of the molecule is COCC1CCCN1NC(=O)c1cc2c(NC(=O)c3ccc(N4CCN(C)CC4)cc3)n[nH]c2s1. The Balaban J connectivity index is 1.23. The van der Waals surface area contributed by atoms with E-state index >= 15 is 0 Å². The number of carbonyl (C=O) groups excluding carboxylic acids is 2. The first kappa shape index (κ1) is 23.7. The van der Waals surface area contributed by atoms with Gasteiger partial charge in [-0.05, 0) is 50.2 Å². The molecule has 0 spiro atoms. The van der Waals surface area contributed by atoms with Crippen molar-refractivity contribution in [3.8, 4) is 0 Å². The van der Waals surface area contributed by atoms with Crippen LogP contribution in [0.2, 0.25) is 0 Å². The molecule has 2 aliphatic heterocycles. The smallest absolute Gasteiger partial charge is 0.275 e. The number of piperazine rings is 1. The van der Waals surface area contributed by atoms with Gasteiger partial charge < -0.3 is 19.9 Å². The number of hydrogen-bond donors (Lipinski definition) is 3. The number of rotatable bonds is 7. The van der Waals surface area contributed by atoms with Gasteiger partial charge in [-0.25, -0.2) is 5.01 Å². The maximum absolute atomic E-state index is 12.9. The highest BCUT2D eigenvalue weighted by molar-refractivity contribution is 7.20. The molecule has 35 heavy (non-hydrogen) atoms. The van der Waals surface area contributed by atoms with Gasteiger partial charge in [-0.2, -0.15) is 5.10 Å². The van der Waals surface area contributed by atoms with Crippen LogP contribution in [0, 0.1) is 0 Å². The fourth-order valence-corrected chi connectivity index (χ4v) is 5.52. The normalized spacial score (nSPS) is 19.4. The summed E-state index contributed by atoms with van der Waals surface area (Å²) in [6.07, 6.45) is 2.02. The van der Waals surface area contributed by atoms with E-state index < -0.39 is 0 Å². The maximum Gasteiger partial charge on any atom is 0.275 e. The molecule has 10 nitrogen and oxygen atoms in total. The average molecular weight is 498 g/mol. The highest BCUT2D eigenvalue weighted by Gasteiger charge is 2.27. The Bertz CT molecular complexity index is 1180. The van der Waals surface area contributed by atoms with Gasteiger partial charge >= 0.3 is 0 Å². The summed E-state index contributed by atoms with van der Waals surface area (Å²) in [5.41, 5.74) is 4.68. The van der Waals surface area contributed by atoms with Crippen LogP contribution < -0.4 is 15.6 Å². The summed E-state index contributed by atoms with van der Waals surface area (Å²) in [7, 11) is 3.80. The van der Waals surface area contributed by atoms with Crippen LogP contribution in [0.4, 0.5) is 11.5 Å². The molecule has 11 heteroatoms. The van der Waals surface area contributed by atoms with E-state index in [-0.39, 0.29) is 17.9 Å². The molecule has 1 atom stereocenters. The van der Waals surface area contributed by atoms with Crippen LogP contribution in [0.15, 0.2) is 30.3 Å². The van der Waals surface area contributed by atoms with E-state index in [1.807, 2.05) is 29.3 Å². The molecule has 2 aromatic heterocycles. The van der Waals surface area contributed by atoms with Gasteiger partial charge in [-0.1, -0.05) is 0 Å². The first-order valence-electron chi connectivity index (χ1n) is 11.9. The number of nitrogens with one attached hydrogen (secondary N) is 3. The molecule has 2 aliphatic rings. The Labute approximate surface area is 208 Å². The van der Waals surface area contributed by atoms with Crippen LogP contribution in [-0.2, 0) is 4.74 Å². The molecule has 2 fully saturated rings. The Hall–Kier alpha value is -2.99. The number of methoxy groups -OCH3 is 1.